The summed E-state index contributed by atoms with van der Waals surface area (Å²) in [6.45, 7) is 4.48. The lowest BCUT2D eigenvalue weighted by Crippen LogP contribution is -2.46. The molecule has 1 aromatic heterocycles. The normalized spacial score (nSPS) is 21.2. The lowest BCUT2D eigenvalue weighted by Gasteiger charge is -2.39. The van der Waals surface area contributed by atoms with Crippen LogP contribution in [0.4, 0.5) is 4.39 Å². The molecule has 0 radical (unpaired) electrons. The second-order valence-electron chi connectivity index (χ2n) is 7.99. The van der Waals surface area contributed by atoms with Gasteiger partial charge < -0.3 is 4.90 Å². The number of hydrogen-bond acceptors (Lipinski definition) is 3. The first-order valence-electron chi connectivity index (χ1n) is 10.3. The van der Waals surface area contributed by atoms with Gasteiger partial charge in [-0.1, -0.05) is 18.2 Å². The lowest BCUT2D eigenvalue weighted by atomic mass is 10.0. The first-order chi connectivity index (χ1) is 13.6. The third kappa shape index (κ3) is 4.25. The van der Waals surface area contributed by atoms with E-state index < -0.39 is 0 Å². The molecule has 2 aromatic rings. The second kappa shape index (κ2) is 8.39. The molecule has 0 spiro atoms. The highest BCUT2D eigenvalue weighted by Gasteiger charge is 2.34. The topological polar surface area (TPSA) is 36.4 Å². The number of rotatable bonds is 4. The van der Waals surface area contributed by atoms with Gasteiger partial charge in [-0.05, 0) is 62.1 Å². The summed E-state index contributed by atoms with van der Waals surface area (Å²) >= 11 is 0. The summed E-state index contributed by atoms with van der Waals surface area (Å²) in [5.41, 5.74) is 3.06. The minimum atomic E-state index is -0.201. The zero-order valence-electron chi connectivity index (χ0n) is 16.5. The number of halogens is 1. The number of pyridine rings is 1. The van der Waals surface area contributed by atoms with Gasteiger partial charge in [0.2, 0.25) is 5.91 Å². The maximum absolute atomic E-state index is 13.5. The van der Waals surface area contributed by atoms with Gasteiger partial charge in [-0.15, -0.1) is 0 Å². The first-order valence-corrected chi connectivity index (χ1v) is 10.3. The van der Waals surface area contributed by atoms with E-state index in [1.165, 1.54) is 12.5 Å². The number of hydrogen-bond donors (Lipinski definition) is 0. The summed E-state index contributed by atoms with van der Waals surface area (Å²) < 4.78 is 13.5. The molecule has 148 valence electrons. The number of likely N-dealkylation sites (tertiary alicyclic amines) is 2. The van der Waals surface area contributed by atoms with E-state index in [2.05, 4.69) is 17.0 Å². The summed E-state index contributed by atoms with van der Waals surface area (Å²) in [7, 11) is 0. The zero-order valence-corrected chi connectivity index (χ0v) is 16.5. The fourth-order valence-electron chi connectivity index (χ4n) is 4.69. The van der Waals surface area contributed by atoms with Crippen LogP contribution >= 0.6 is 0 Å². The number of carbonyl (C=O) groups is 1. The maximum Gasteiger partial charge on any atom is 0.219 e. The maximum atomic E-state index is 13.5. The van der Waals surface area contributed by atoms with E-state index in [1.54, 1.807) is 19.1 Å². The monoisotopic (exact) mass is 381 g/mol. The number of nitrogens with zero attached hydrogens (tertiary/aromatic N) is 3. The van der Waals surface area contributed by atoms with Gasteiger partial charge in [-0.3, -0.25) is 14.7 Å². The SMILES string of the molecule is CC(=O)N1CCC(N2CCC[C@H]2c2cccc(Cc3cccc(F)c3)n2)CC1. The fraction of sp³-hybridized carbons (Fsp3) is 0.478. The Morgan fingerprint density at radius 1 is 1.11 bits per heavy atom. The van der Waals surface area contributed by atoms with Crippen LogP contribution in [-0.2, 0) is 11.2 Å². The summed E-state index contributed by atoms with van der Waals surface area (Å²) in [6, 6.07) is 13.9. The quantitative estimate of drug-likeness (QED) is 0.804. The van der Waals surface area contributed by atoms with Crippen LogP contribution in [0.25, 0.3) is 0 Å². The molecule has 2 aliphatic rings. The number of piperidine rings is 1. The van der Waals surface area contributed by atoms with Crippen molar-refractivity contribution < 1.29 is 9.18 Å². The first kappa shape index (κ1) is 19.1. The summed E-state index contributed by atoms with van der Waals surface area (Å²) in [5, 5.41) is 0. The van der Waals surface area contributed by atoms with Gasteiger partial charge >= 0.3 is 0 Å². The predicted octanol–water partition coefficient (Wildman–Crippen LogP) is 3.96. The van der Waals surface area contributed by atoms with Crippen molar-refractivity contribution in [3.05, 3.63) is 65.2 Å². The Kier molecular flexibility index (Phi) is 5.72. The molecule has 1 aromatic carbocycles. The molecule has 2 saturated heterocycles. The van der Waals surface area contributed by atoms with E-state index in [9.17, 15) is 9.18 Å². The van der Waals surface area contributed by atoms with Gasteiger partial charge in [0.1, 0.15) is 5.82 Å². The van der Waals surface area contributed by atoms with Crippen LogP contribution in [0, 0.1) is 5.82 Å². The Morgan fingerprint density at radius 3 is 2.64 bits per heavy atom. The lowest BCUT2D eigenvalue weighted by molar-refractivity contribution is -0.130. The highest BCUT2D eigenvalue weighted by Crippen LogP contribution is 2.35. The Morgan fingerprint density at radius 2 is 1.89 bits per heavy atom. The molecule has 0 N–H and O–H groups in total. The van der Waals surface area contributed by atoms with Crippen molar-refractivity contribution in [3.63, 3.8) is 0 Å². The van der Waals surface area contributed by atoms with Crippen LogP contribution in [0.1, 0.15) is 55.6 Å². The molecule has 0 saturated carbocycles. The van der Waals surface area contributed by atoms with E-state index in [1.807, 2.05) is 17.0 Å². The molecule has 2 fully saturated rings. The van der Waals surface area contributed by atoms with Gasteiger partial charge in [-0.2, -0.15) is 0 Å². The van der Waals surface area contributed by atoms with Gasteiger partial charge in [0.05, 0.1) is 11.7 Å². The van der Waals surface area contributed by atoms with Crippen molar-refractivity contribution in [1.29, 1.82) is 0 Å². The van der Waals surface area contributed by atoms with E-state index >= 15 is 0 Å². The van der Waals surface area contributed by atoms with Crippen LogP contribution in [0.3, 0.4) is 0 Å². The molecule has 28 heavy (non-hydrogen) atoms. The van der Waals surface area contributed by atoms with Crippen molar-refractivity contribution in [2.24, 2.45) is 0 Å². The van der Waals surface area contributed by atoms with Gasteiger partial charge in [0.25, 0.3) is 0 Å². The molecular formula is C23H28FN3O. The molecular weight excluding hydrogens is 353 g/mol. The van der Waals surface area contributed by atoms with E-state index in [0.29, 0.717) is 18.5 Å². The van der Waals surface area contributed by atoms with Gasteiger partial charge in [0.15, 0.2) is 0 Å². The number of amides is 1. The molecule has 1 amide bonds. The van der Waals surface area contributed by atoms with E-state index in [-0.39, 0.29) is 11.7 Å². The zero-order chi connectivity index (χ0) is 19.5. The number of aromatic nitrogens is 1. The third-order valence-corrected chi connectivity index (χ3v) is 6.12. The molecule has 1 atom stereocenters. The van der Waals surface area contributed by atoms with Gasteiger partial charge in [0, 0.05) is 38.2 Å². The minimum absolute atomic E-state index is 0.183. The van der Waals surface area contributed by atoms with Crippen LogP contribution in [0.2, 0.25) is 0 Å². The van der Waals surface area contributed by atoms with Crippen LogP contribution < -0.4 is 0 Å². The Labute approximate surface area is 166 Å². The van der Waals surface area contributed by atoms with Crippen molar-refractivity contribution in [1.82, 2.24) is 14.8 Å². The predicted molar refractivity (Wildman–Crippen MR) is 107 cm³/mol. The summed E-state index contributed by atoms with van der Waals surface area (Å²) in [6.07, 6.45) is 5.05. The highest BCUT2D eigenvalue weighted by molar-refractivity contribution is 5.73. The molecule has 0 unspecified atom stereocenters. The largest absolute Gasteiger partial charge is 0.343 e. The Balaban J connectivity index is 1.46. The van der Waals surface area contributed by atoms with Crippen molar-refractivity contribution >= 4 is 5.91 Å². The van der Waals surface area contributed by atoms with E-state index in [0.717, 1.165) is 55.8 Å². The van der Waals surface area contributed by atoms with Crippen molar-refractivity contribution in [2.75, 3.05) is 19.6 Å². The van der Waals surface area contributed by atoms with E-state index in [4.69, 9.17) is 4.98 Å². The number of carbonyl (C=O) groups excluding carboxylic acids is 1. The molecule has 2 aliphatic heterocycles. The van der Waals surface area contributed by atoms with Crippen molar-refractivity contribution in [3.8, 4) is 0 Å². The fourth-order valence-corrected chi connectivity index (χ4v) is 4.69. The highest BCUT2D eigenvalue weighted by atomic mass is 19.1. The second-order valence-corrected chi connectivity index (χ2v) is 7.99. The Bertz CT molecular complexity index is 832. The molecule has 3 heterocycles. The minimum Gasteiger partial charge on any atom is -0.343 e. The molecule has 4 rings (SSSR count). The molecule has 0 bridgehead atoms. The standard InChI is InChI=1S/C23H28FN3O/c1-17(28)26-13-10-21(11-14-26)27-12-4-9-23(27)22-8-3-7-20(25-22)16-18-5-2-6-19(24)15-18/h2-3,5-8,15,21,23H,4,9-14,16H2,1H3/t23-/m0/s1. The van der Waals surface area contributed by atoms with Crippen LogP contribution in [0.15, 0.2) is 42.5 Å². The van der Waals surface area contributed by atoms with Crippen molar-refractivity contribution in [2.45, 2.75) is 51.1 Å². The van der Waals surface area contributed by atoms with Crippen LogP contribution in [-0.4, -0.2) is 46.4 Å². The van der Waals surface area contributed by atoms with Gasteiger partial charge in [-0.25, -0.2) is 4.39 Å². The third-order valence-electron chi connectivity index (χ3n) is 6.12. The van der Waals surface area contributed by atoms with Crippen LogP contribution in [0.5, 0.6) is 0 Å². The number of benzene rings is 1. The summed E-state index contributed by atoms with van der Waals surface area (Å²) in [5.74, 6) is -0.0179. The summed E-state index contributed by atoms with van der Waals surface area (Å²) in [4.78, 5) is 21.1. The Hall–Kier alpha value is -2.27. The molecule has 5 heteroatoms. The smallest absolute Gasteiger partial charge is 0.219 e. The average molecular weight is 381 g/mol. The molecule has 0 aliphatic carbocycles. The average Bonchev–Trinajstić information content (AvgIpc) is 3.18. The molecule has 4 nitrogen and oxygen atoms in total.